The Balaban J connectivity index is 2.75. The van der Waals surface area contributed by atoms with E-state index in [4.69, 9.17) is 9.47 Å². The van der Waals surface area contributed by atoms with Gasteiger partial charge in [0.2, 0.25) is 0 Å². The standard InChI is InChI=1S/C16H24O3Si/c1-13(2)19-16(17)11-10-14-8-6-7-9-15(14)18-12-20(3,4)5/h6-11,13H,12H2,1-5H3. The van der Waals surface area contributed by atoms with Gasteiger partial charge in [-0.05, 0) is 26.0 Å². The lowest BCUT2D eigenvalue weighted by Crippen LogP contribution is -2.30. The van der Waals surface area contributed by atoms with Crippen molar-refractivity contribution >= 4 is 20.1 Å². The molecule has 1 aromatic carbocycles. The molecule has 0 saturated heterocycles. The summed E-state index contributed by atoms with van der Waals surface area (Å²) in [6, 6.07) is 7.71. The van der Waals surface area contributed by atoms with Gasteiger partial charge in [-0.15, -0.1) is 0 Å². The van der Waals surface area contributed by atoms with Crippen molar-refractivity contribution in [3.05, 3.63) is 35.9 Å². The van der Waals surface area contributed by atoms with Crippen molar-refractivity contribution < 1.29 is 14.3 Å². The van der Waals surface area contributed by atoms with Crippen molar-refractivity contribution in [2.24, 2.45) is 0 Å². The van der Waals surface area contributed by atoms with Crippen molar-refractivity contribution in [2.45, 2.75) is 39.6 Å². The average molecular weight is 292 g/mol. The Labute approximate surface area is 122 Å². The van der Waals surface area contributed by atoms with Crippen LogP contribution in [0.2, 0.25) is 19.6 Å². The molecule has 20 heavy (non-hydrogen) atoms. The third-order valence-corrected chi connectivity index (χ3v) is 3.34. The molecule has 3 nitrogen and oxygen atoms in total. The summed E-state index contributed by atoms with van der Waals surface area (Å²) in [5.41, 5.74) is 0.895. The molecule has 1 aromatic rings. The summed E-state index contributed by atoms with van der Waals surface area (Å²) < 4.78 is 10.9. The lowest BCUT2D eigenvalue weighted by atomic mass is 10.2. The Hall–Kier alpha value is -1.55. The number of hydrogen-bond donors (Lipinski definition) is 0. The summed E-state index contributed by atoms with van der Waals surface area (Å²) in [4.78, 5) is 11.5. The van der Waals surface area contributed by atoms with Crippen LogP contribution in [-0.2, 0) is 9.53 Å². The van der Waals surface area contributed by atoms with Crippen molar-refractivity contribution in [3.8, 4) is 5.75 Å². The van der Waals surface area contributed by atoms with Crippen molar-refractivity contribution in [1.82, 2.24) is 0 Å². The Kier molecular flexibility index (Phi) is 6.01. The summed E-state index contributed by atoms with van der Waals surface area (Å²) in [6.45, 7) is 10.4. The van der Waals surface area contributed by atoms with Gasteiger partial charge in [0, 0.05) is 11.6 Å². The number of ether oxygens (including phenoxy) is 2. The molecule has 110 valence electrons. The minimum atomic E-state index is -1.27. The number of hydrogen-bond acceptors (Lipinski definition) is 3. The second-order valence-electron chi connectivity index (χ2n) is 6.21. The summed E-state index contributed by atoms with van der Waals surface area (Å²) in [5, 5.41) is 0. The van der Waals surface area contributed by atoms with Gasteiger partial charge >= 0.3 is 5.97 Å². The molecule has 0 unspecified atom stereocenters. The van der Waals surface area contributed by atoms with Crippen LogP contribution in [0.4, 0.5) is 0 Å². The predicted molar refractivity (Wildman–Crippen MR) is 85.5 cm³/mol. The Morgan fingerprint density at radius 1 is 1.25 bits per heavy atom. The molecule has 0 aliphatic carbocycles. The fourth-order valence-corrected chi connectivity index (χ4v) is 2.06. The number of carbonyl (C=O) groups is 1. The second-order valence-corrected chi connectivity index (χ2v) is 11.6. The summed E-state index contributed by atoms with van der Waals surface area (Å²) in [5.74, 6) is 0.475. The Morgan fingerprint density at radius 2 is 1.90 bits per heavy atom. The van der Waals surface area contributed by atoms with Crippen molar-refractivity contribution in [3.63, 3.8) is 0 Å². The summed E-state index contributed by atoms with van der Waals surface area (Å²) >= 11 is 0. The van der Waals surface area contributed by atoms with Gasteiger partial charge < -0.3 is 9.47 Å². The molecule has 0 spiro atoms. The maximum absolute atomic E-state index is 11.5. The SMILES string of the molecule is CC(C)OC(=O)C=Cc1ccccc1OC[Si](C)(C)C. The molecule has 0 bridgehead atoms. The van der Waals surface area contributed by atoms with E-state index >= 15 is 0 Å². The third kappa shape index (κ3) is 6.57. The van der Waals surface area contributed by atoms with Crippen LogP contribution in [0.5, 0.6) is 5.75 Å². The predicted octanol–water partition coefficient (Wildman–Crippen LogP) is 3.91. The first-order valence-electron chi connectivity index (χ1n) is 6.88. The van der Waals surface area contributed by atoms with Crippen LogP contribution >= 0.6 is 0 Å². The van der Waals surface area contributed by atoms with E-state index in [-0.39, 0.29) is 12.1 Å². The van der Waals surface area contributed by atoms with E-state index in [9.17, 15) is 4.79 Å². The lowest BCUT2D eigenvalue weighted by molar-refractivity contribution is -0.141. The zero-order valence-electron chi connectivity index (χ0n) is 13.0. The maximum Gasteiger partial charge on any atom is 0.331 e. The zero-order chi connectivity index (χ0) is 15.2. The lowest BCUT2D eigenvalue weighted by Gasteiger charge is -2.17. The molecular weight excluding hydrogens is 268 g/mol. The van der Waals surface area contributed by atoms with Gasteiger partial charge in [0.25, 0.3) is 0 Å². The Morgan fingerprint density at radius 3 is 2.50 bits per heavy atom. The van der Waals surface area contributed by atoms with Gasteiger partial charge in [0.05, 0.1) is 20.4 Å². The minimum absolute atomic E-state index is 0.106. The van der Waals surface area contributed by atoms with Crippen LogP contribution in [0.3, 0.4) is 0 Å². The molecule has 0 N–H and O–H groups in total. The number of para-hydroxylation sites is 1. The molecule has 0 aliphatic heterocycles. The van der Waals surface area contributed by atoms with Crippen LogP contribution in [-0.4, -0.2) is 26.4 Å². The molecule has 4 heteroatoms. The summed E-state index contributed by atoms with van der Waals surface area (Å²) in [6.07, 6.45) is 3.83. The van der Waals surface area contributed by atoms with Gasteiger partial charge in [0.1, 0.15) is 5.75 Å². The van der Waals surface area contributed by atoms with E-state index in [0.29, 0.717) is 0 Å². The maximum atomic E-state index is 11.5. The molecule has 1 rings (SSSR count). The molecular formula is C16H24O3Si. The van der Waals surface area contributed by atoms with Crippen LogP contribution in [0, 0.1) is 0 Å². The number of esters is 1. The molecule has 0 atom stereocenters. The van der Waals surface area contributed by atoms with Gasteiger partial charge in [-0.3, -0.25) is 0 Å². The first-order chi connectivity index (χ1) is 9.28. The highest BCUT2D eigenvalue weighted by molar-refractivity contribution is 6.76. The molecule has 0 aliphatic rings. The van der Waals surface area contributed by atoms with Crippen molar-refractivity contribution in [2.75, 3.05) is 6.23 Å². The van der Waals surface area contributed by atoms with Gasteiger partial charge in [0.15, 0.2) is 0 Å². The van der Waals surface area contributed by atoms with Gasteiger partial charge in [-0.2, -0.15) is 0 Å². The zero-order valence-corrected chi connectivity index (χ0v) is 14.0. The van der Waals surface area contributed by atoms with E-state index < -0.39 is 8.07 Å². The second kappa shape index (κ2) is 7.29. The van der Waals surface area contributed by atoms with Crippen LogP contribution < -0.4 is 4.74 Å². The molecule has 0 aromatic heterocycles. The molecule has 0 radical (unpaired) electrons. The van der Waals surface area contributed by atoms with E-state index in [1.165, 1.54) is 6.08 Å². The highest BCUT2D eigenvalue weighted by Gasteiger charge is 2.14. The fraction of sp³-hybridized carbons (Fsp3) is 0.438. The number of carbonyl (C=O) groups excluding carboxylic acids is 1. The smallest absolute Gasteiger partial charge is 0.331 e. The van der Waals surface area contributed by atoms with E-state index in [1.807, 2.05) is 38.1 Å². The molecule has 0 saturated carbocycles. The van der Waals surface area contributed by atoms with Crippen LogP contribution in [0.1, 0.15) is 19.4 Å². The summed E-state index contributed by atoms with van der Waals surface area (Å²) in [7, 11) is -1.27. The highest BCUT2D eigenvalue weighted by atomic mass is 28.3. The molecule has 0 amide bonds. The molecule has 0 fully saturated rings. The minimum Gasteiger partial charge on any atom is -0.497 e. The monoisotopic (exact) mass is 292 g/mol. The van der Waals surface area contributed by atoms with Gasteiger partial charge in [-0.25, -0.2) is 4.79 Å². The van der Waals surface area contributed by atoms with Crippen molar-refractivity contribution in [1.29, 1.82) is 0 Å². The van der Waals surface area contributed by atoms with Gasteiger partial charge in [-0.1, -0.05) is 37.8 Å². The van der Waals surface area contributed by atoms with E-state index in [2.05, 4.69) is 19.6 Å². The topological polar surface area (TPSA) is 35.5 Å². The number of benzene rings is 1. The quantitative estimate of drug-likeness (QED) is 0.453. The average Bonchev–Trinajstić information content (AvgIpc) is 2.33. The van der Waals surface area contributed by atoms with E-state index in [0.717, 1.165) is 17.5 Å². The normalized spacial score (nSPS) is 11.9. The fourth-order valence-electron chi connectivity index (χ4n) is 1.47. The third-order valence-electron chi connectivity index (χ3n) is 2.33. The van der Waals surface area contributed by atoms with Crippen LogP contribution in [0.15, 0.2) is 30.3 Å². The Bertz CT molecular complexity index is 473. The van der Waals surface area contributed by atoms with Crippen LogP contribution in [0.25, 0.3) is 6.08 Å². The molecule has 0 heterocycles. The van der Waals surface area contributed by atoms with E-state index in [1.54, 1.807) is 6.08 Å². The number of rotatable bonds is 6. The highest BCUT2D eigenvalue weighted by Crippen LogP contribution is 2.20. The first kappa shape index (κ1) is 16.5. The first-order valence-corrected chi connectivity index (χ1v) is 10.6. The largest absolute Gasteiger partial charge is 0.497 e.